The predicted octanol–water partition coefficient (Wildman–Crippen LogP) is 1.33. The van der Waals surface area contributed by atoms with Crippen molar-refractivity contribution in [3.8, 4) is 0 Å². The molecule has 0 aliphatic rings. The van der Waals surface area contributed by atoms with Gasteiger partial charge in [-0.25, -0.2) is 4.79 Å². The number of nitrogens with one attached hydrogen (secondary N) is 2. The Balaban J connectivity index is 2.90. The lowest BCUT2D eigenvalue weighted by atomic mass is 9.94. The van der Waals surface area contributed by atoms with E-state index in [0.717, 1.165) is 0 Å². The van der Waals surface area contributed by atoms with Crippen LogP contribution in [0.1, 0.15) is 39.2 Å². The number of ether oxygens (including phenoxy) is 1. The molecule has 0 saturated heterocycles. The molecule has 1 aromatic carbocycles. The second-order valence-corrected chi connectivity index (χ2v) is 6.10. The molecular formula is C18H24N2O5. The lowest BCUT2D eigenvalue weighted by Gasteiger charge is -2.26. The predicted molar refractivity (Wildman–Crippen MR) is 92.2 cm³/mol. The molecule has 7 heteroatoms. The standard InChI is InChI=1S/C18H24N2O5/c1-12(2)25-16(22)15(10-9-14(21)11-19)20-17(23)18(3,24)13-7-5-4-6-8-13/h4-8,11-12,15,19,24H,9-10H2,1-3H3,(H,20,23)/t15-,18-/m0/s1. The van der Waals surface area contributed by atoms with E-state index in [1.807, 2.05) is 0 Å². The van der Waals surface area contributed by atoms with Gasteiger partial charge < -0.3 is 20.6 Å². The quantitative estimate of drug-likeness (QED) is 0.460. The number of esters is 1. The number of carbonyl (C=O) groups excluding carboxylic acids is 3. The Hall–Kier alpha value is -2.54. The molecule has 2 atom stereocenters. The highest BCUT2D eigenvalue weighted by atomic mass is 16.5. The number of rotatable bonds is 9. The van der Waals surface area contributed by atoms with Gasteiger partial charge in [-0.1, -0.05) is 30.3 Å². The highest BCUT2D eigenvalue weighted by Crippen LogP contribution is 2.21. The molecule has 0 aliphatic carbocycles. The first-order chi connectivity index (χ1) is 11.7. The first-order valence-electron chi connectivity index (χ1n) is 8.01. The number of amides is 1. The average molecular weight is 348 g/mol. The van der Waals surface area contributed by atoms with Gasteiger partial charge in [0.15, 0.2) is 11.4 Å². The number of hydrogen-bond acceptors (Lipinski definition) is 6. The Morgan fingerprint density at radius 3 is 2.40 bits per heavy atom. The third-order valence-corrected chi connectivity index (χ3v) is 3.56. The molecule has 0 aromatic heterocycles. The molecule has 3 N–H and O–H groups in total. The number of ketones is 1. The summed E-state index contributed by atoms with van der Waals surface area (Å²) in [5.74, 6) is -1.93. The van der Waals surface area contributed by atoms with Crippen LogP contribution in [0, 0.1) is 5.41 Å². The molecule has 0 heterocycles. The molecule has 0 saturated carbocycles. The van der Waals surface area contributed by atoms with Gasteiger partial charge in [-0.3, -0.25) is 9.59 Å². The summed E-state index contributed by atoms with van der Waals surface area (Å²) in [7, 11) is 0. The molecule has 0 aliphatic heterocycles. The summed E-state index contributed by atoms with van der Waals surface area (Å²) in [5, 5.41) is 19.9. The maximum Gasteiger partial charge on any atom is 0.328 e. The number of carbonyl (C=O) groups is 3. The Kier molecular flexibility index (Phi) is 7.44. The van der Waals surface area contributed by atoms with Crippen LogP contribution in [0.2, 0.25) is 0 Å². The summed E-state index contributed by atoms with van der Waals surface area (Å²) in [6.07, 6.45) is 0.165. The van der Waals surface area contributed by atoms with Gasteiger partial charge in [0.25, 0.3) is 5.91 Å². The molecule has 1 rings (SSSR count). The summed E-state index contributed by atoms with van der Waals surface area (Å²) < 4.78 is 5.09. The lowest BCUT2D eigenvalue weighted by molar-refractivity contribution is -0.154. The Bertz CT molecular complexity index is 626. The zero-order valence-electron chi connectivity index (χ0n) is 14.6. The van der Waals surface area contributed by atoms with Gasteiger partial charge >= 0.3 is 5.97 Å². The van der Waals surface area contributed by atoms with Crippen molar-refractivity contribution in [1.29, 1.82) is 5.41 Å². The maximum absolute atomic E-state index is 12.5. The van der Waals surface area contributed by atoms with Crippen LogP contribution in [-0.2, 0) is 24.7 Å². The number of aliphatic hydroxyl groups is 1. The summed E-state index contributed by atoms with van der Waals surface area (Å²) >= 11 is 0. The van der Waals surface area contributed by atoms with Gasteiger partial charge in [-0.2, -0.15) is 0 Å². The fraction of sp³-hybridized carbons (Fsp3) is 0.444. The van der Waals surface area contributed by atoms with Crippen molar-refractivity contribution in [2.75, 3.05) is 0 Å². The highest BCUT2D eigenvalue weighted by Gasteiger charge is 2.35. The average Bonchev–Trinajstić information content (AvgIpc) is 2.57. The molecule has 7 nitrogen and oxygen atoms in total. The molecule has 136 valence electrons. The van der Waals surface area contributed by atoms with Crippen LogP contribution < -0.4 is 5.32 Å². The number of Topliss-reactive ketones (excluding diaryl/α,β-unsaturated/α-hetero) is 1. The third kappa shape index (κ3) is 6.11. The molecule has 0 spiro atoms. The fourth-order valence-electron chi connectivity index (χ4n) is 2.11. The minimum absolute atomic E-state index is 0.0175. The van der Waals surface area contributed by atoms with E-state index in [1.54, 1.807) is 44.2 Å². The molecule has 25 heavy (non-hydrogen) atoms. The van der Waals surface area contributed by atoms with E-state index in [4.69, 9.17) is 10.1 Å². The topological polar surface area (TPSA) is 117 Å². The first-order valence-corrected chi connectivity index (χ1v) is 8.01. The summed E-state index contributed by atoms with van der Waals surface area (Å²) in [5.41, 5.74) is -1.47. The van der Waals surface area contributed by atoms with Crippen molar-refractivity contribution in [2.45, 2.75) is 51.4 Å². The fourth-order valence-corrected chi connectivity index (χ4v) is 2.11. The minimum Gasteiger partial charge on any atom is -0.461 e. The molecule has 0 fully saturated rings. The van der Waals surface area contributed by atoms with Crippen LogP contribution >= 0.6 is 0 Å². The van der Waals surface area contributed by atoms with E-state index in [-0.39, 0.29) is 18.9 Å². The van der Waals surface area contributed by atoms with Crippen LogP contribution in [0.3, 0.4) is 0 Å². The summed E-state index contributed by atoms with van der Waals surface area (Å²) in [6, 6.07) is 7.23. The first kappa shape index (κ1) is 20.5. The van der Waals surface area contributed by atoms with Gasteiger partial charge in [0.05, 0.1) is 12.3 Å². The Morgan fingerprint density at radius 1 is 1.28 bits per heavy atom. The van der Waals surface area contributed by atoms with Gasteiger partial charge in [0.2, 0.25) is 0 Å². The van der Waals surface area contributed by atoms with Crippen molar-refractivity contribution < 1.29 is 24.2 Å². The van der Waals surface area contributed by atoms with Crippen LogP contribution in [0.25, 0.3) is 0 Å². The molecule has 0 bridgehead atoms. The van der Waals surface area contributed by atoms with Crippen LogP contribution in [0.15, 0.2) is 30.3 Å². The maximum atomic E-state index is 12.5. The van der Waals surface area contributed by atoms with Crippen molar-refractivity contribution in [2.24, 2.45) is 0 Å². The Labute approximate surface area is 146 Å². The minimum atomic E-state index is -1.84. The number of hydrogen-bond donors (Lipinski definition) is 3. The monoisotopic (exact) mass is 348 g/mol. The van der Waals surface area contributed by atoms with Crippen molar-refractivity contribution >= 4 is 23.9 Å². The van der Waals surface area contributed by atoms with Crippen molar-refractivity contribution in [3.63, 3.8) is 0 Å². The zero-order chi connectivity index (χ0) is 19.0. The number of benzene rings is 1. The second-order valence-electron chi connectivity index (χ2n) is 6.10. The third-order valence-electron chi connectivity index (χ3n) is 3.56. The van der Waals surface area contributed by atoms with Crippen LogP contribution in [0.4, 0.5) is 0 Å². The molecule has 1 aromatic rings. The van der Waals surface area contributed by atoms with Gasteiger partial charge in [0, 0.05) is 6.42 Å². The Morgan fingerprint density at radius 2 is 1.88 bits per heavy atom. The zero-order valence-corrected chi connectivity index (χ0v) is 14.6. The van der Waals surface area contributed by atoms with Gasteiger partial charge in [-0.05, 0) is 32.8 Å². The molecule has 1 amide bonds. The molecule has 0 radical (unpaired) electrons. The molecule has 0 unspecified atom stereocenters. The van der Waals surface area contributed by atoms with E-state index < -0.39 is 29.3 Å². The van der Waals surface area contributed by atoms with E-state index >= 15 is 0 Å². The summed E-state index contributed by atoms with van der Waals surface area (Å²) in [4.78, 5) is 36.0. The van der Waals surface area contributed by atoms with E-state index in [9.17, 15) is 19.5 Å². The lowest BCUT2D eigenvalue weighted by Crippen LogP contribution is -2.50. The van der Waals surface area contributed by atoms with Crippen LogP contribution in [-0.4, -0.2) is 41.1 Å². The van der Waals surface area contributed by atoms with Gasteiger partial charge in [0.1, 0.15) is 6.04 Å². The highest BCUT2D eigenvalue weighted by molar-refractivity contribution is 6.26. The van der Waals surface area contributed by atoms with E-state index in [0.29, 0.717) is 11.8 Å². The summed E-state index contributed by atoms with van der Waals surface area (Å²) in [6.45, 7) is 4.66. The van der Waals surface area contributed by atoms with Crippen molar-refractivity contribution in [1.82, 2.24) is 5.32 Å². The SMILES string of the molecule is CC(C)OC(=O)[C@H](CCC(=O)C=N)NC(=O)[C@@](C)(O)c1ccccc1. The van der Waals surface area contributed by atoms with Gasteiger partial charge in [-0.15, -0.1) is 0 Å². The van der Waals surface area contributed by atoms with E-state index in [2.05, 4.69) is 5.32 Å². The second kappa shape index (κ2) is 9.08. The van der Waals surface area contributed by atoms with Crippen molar-refractivity contribution in [3.05, 3.63) is 35.9 Å². The molecular weight excluding hydrogens is 324 g/mol. The smallest absolute Gasteiger partial charge is 0.328 e. The normalized spacial score (nSPS) is 14.3. The van der Waals surface area contributed by atoms with E-state index in [1.165, 1.54) is 6.92 Å². The van der Waals surface area contributed by atoms with Crippen LogP contribution in [0.5, 0.6) is 0 Å². The largest absolute Gasteiger partial charge is 0.461 e.